The maximum absolute atomic E-state index is 8.79. The van der Waals surface area contributed by atoms with E-state index in [-0.39, 0.29) is 6.61 Å². The first-order chi connectivity index (χ1) is 5.38. The molecule has 1 radical (unpaired) electrons. The van der Waals surface area contributed by atoms with Crippen molar-refractivity contribution in [2.24, 2.45) is 0 Å². The van der Waals surface area contributed by atoms with Crippen molar-refractivity contribution >= 4 is 0 Å². The number of hydrogen-bond donors (Lipinski definition) is 1. The van der Waals surface area contributed by atoms with Gasteiger partial charge in [-0.1, -0.05) is 0 Å². The summed E-state index contributed by atoms with van der Waals surface area (Å²) in [6, 6.07) is 1.71. The minimum atomic E-state index is -0.0802. The van der Waals surface area contributed by atoms with E-state index in [0.717, 1.165) is 0 Å². The summed E-state index contributed by atoms with van der Waals surface area (Å²) < 4.78 is 5.20. The normalized spacial score (nSPS) is 9.64. The van der Waals surface area contributed by atoms with E-state index < -0.39 is 0 Å². The molecule has 0 amide bonds. The third kappa shape index (κ3) is 1.91. The Bertz CT molecular complexity index is 225. The molecule has 1 rings (SSSR count). The molecule has 0 aromatic carbocycles. The number of aromatic nitrogens is 1. The molecule has 11 heavy (non-hydrogen) atoms. The molecule has 0 aliphatic rings. The fraction of sp³-hybridized carbons (Fsp3) is 0.375. The second-order valence-corrected chi connectivity index (χ2v) is 1.99. The van der Waals surface area contributed by atoms with Crippen LogP contribution in [0.25, 0.3) is 0 Å². The molecule has 0 bridgehead atoms. The Balaban J connectivity index is 2.83. The summed E-state index contributed by atoms with van der Waals surface area (Å²) in [4.78, 5) is 3.73. The van der Waals surface area contributed by atoms with Crippen molar-refractivity contribution in [3.8, 4) is 5.75 Å². The van der Waals surface area contributed by atoms with Gasteiger partial charge >= 0.3 is 0 Å². The van der Waals surface area contributed by atoms with E-state index in [4.69, 9.17) is 9.84 Å². The summed E-state index contributed by atoms with van der Waals surface area (Å²) in [5, 5.41) is 8.79. The Hall–Kier alpha value is -1.09. The van der Waals surface area contributed by atoms with Gasteiger partial charge < -0.3 is 9.84 Å². The highest BCUT2D eigenvalue weighted by Crippen LogP contribution is 2.15. The lowest BCUT2D eigenvalue weighted by atomic mass is 10.3. The van der Waals surface area contributed by atoms with E-state index in [1.54, 1.807) is 12.3 Å². The van der Waals surface area contributed by atoms with Crippen molar-refractivity contribution in [2.45, 2.75) is 13.5 Å². The first-order valence-electron chi connectivity index (χ1n) is 3.47. The third-order valence-electron chi connectivity index (χ3n) is 1.26. The Morgan fingerprint density at radius 1 is 1.73 bits per heavy atom. The van der Waals surface area contributed by atoms with Crippen molar-refractivity contribution in [2.75, 3.05) is 6.61 Å². The van der Waals surface area contributed by atoms with E-state index in [1.807, 2.05) is 6.92 Å². The summed E-state index contributed by atoms with van der Waals surface area (Å²) in [6.07, 6.45) is 4.23. The van der Waals surface area contributed by atoms with Crippen LogP contribution < -0.4 is 4.74 Å². The van der Waals surface area contributed by atoms with Crippen molar-refractivity contribution in [3.63, 3.8) is 0 Å². The number of ether oxygens (including phenoxy) is 1. The van der Waals surface area contributed by atoms with E-state index >= 15 is 0 Å². The minimum absolute atomic E-state index is 0.0802. The van der Waals surface area contributed by atoms with Crippen LogP contribution in [0, 0.1) is 6.20 Å². The van der Waals surface area contributed by atoms with Crippen molar-refractivity contribution in [1.29, 1.82) is 0 Å². The molecule has 1 aromatic heterocycles. The first kappa shape index (κ1) is 8.01. The smallest absolute Gasteiger partial charge is 0.128 e. The van der Waals surface area contributed by atoms with Crippen molar-refractivity contribution in [3.05, 3.63) is 24.0 Å². The number of aliphatic hydroxyl groups excluding tert-OH is 1. The zero-order valence-corrected chi connectivity index (χ0v) is 6.37. The van der Waals surface area contributed by atoms with Gasteiger partial charge in [-0.15, -0.1) is 0 Å². The molecule has 0 aliphatic heterocycles. The van der Waals surface area contributed by atoms with Crippen LogP contribution >= 0.6 is 0 Å². The maximum Gasteiger partial charge on any atom is 0.128 e. The Kier molecular flexibility index (Phi) is 2.86. The summed E-state index contributed by atoms with van der Waals surface area (Å²) in [5.74, 6) is 0.657. The quantitative estimate of drug-likeness (QED) is 0.695. The Morgan fingerprint density at radius 2 is 2.55 bits per heavy atom. The van der Waals surface area contributed by atoms with E-state index in [2.05, 4.69) is 11.2 Å². The molecule has 3 nitrogen and oxygen atoms in total. The predicted octanol–water partition coefficient (Wildman–Crippen LogP) is 0.773. The highest BCUT2D eigenvalue weighted by atomic mass is 16.5. The van der Waals surface area contributed by atoms with E-state index in [1.165, 1.54) is 0 Å². The van der Waals surface area contributed by atoms with Crippen molar-refractivity contribution in [1.82, 2.24) is 4.98 Å². The van der Waals surface area contributed by atoms with Gasteiger partial charge in [0.1, 0.15) is 5.75 Å². The van der Waals surface area contributed by atoms with Crippen LogP contribution in [0.5, 0.6) is 5.75 Å². The molecule has 0 unspecified atom stereocenters. The van der Waals surface area contributed by atoms with Gasteiger partial charge in [-0.3, -0.25) is 4.98 Å². The molecule has 1 heterocycles. The summed E-state index contributed by atoms with van der Waals surface area (Å²) in [5.41, 5.74) is 0.606. The van der Waals surface area contributed by atoms with Crippen LogP contribution in [0.15, 0.2) is 12.3 Å². The second-order valence-electron chi connectivity index (χ2n) is 1.99. The molecular formula is C8H10NO2. The Morgan fingerprint density at radius 3 is 3.18 bits per heavy atom. The lowest BCUT2D eigenvalue weighted by molar-refractivity contribution is 0.266. The van der Waals surface area contributed by atoms with Crippen LogP contribution in [0.2, 0.25) is 0 Å². The zero-order valence-electron chi connectivity index (χ0n) is 6.37. The number of hydrogen-bond acceptors (Lipinski definition) is 3. The van der Waals surface area contributed by atoms with Gasteiger partial charge in [-0.2, -0.15) is 0 Å². The minimum Gasteiger partial charge on any atom is -0.493 e. The van der Waals surface area contributed by atoms with Crippen LogP contribution in [0.3, 0.4) is 0 Å². The number of pyridine rings is 1. The van der Waals surface area contributed by atoms with Gasteiger partial charge in [-0.25, -0.2) is 0 Å². The zero-order chi connectivity index (χ0) is 8.10. The maximum atomic E-state index is 8.79. The largest absolute Gasteiger partial charge is 0.493 e. The van der Waals surface area contributed by atoms with Crippen LogP contribution in [-0.4, -0.2) is 16.7 Å². The first-order valence-corrected chi connectivity index (χ1v) is 3.47. The molecular weight excluding hydrogens is 142 g/mol. The predicted molar refractivity (Wildman–Crippen MR) is 40.2 cm³/mol. The topological polar surface area (TPSA) is 42.4 Å². The fourth-order valence-corrected chi connectivity index (χ4v) is 0.780. The molecule has 0 atom stereocenters. The van der Waals surface area contributed by atoms with Gasteiger partial charge in [0, 0.05) is 11.8 Å². The van der Waals surface area contributed by atoms with Crippen LogP contribution in [0.1, 0.15) is 12.5 Å². The third-order valence-corrected chi connectivity index (χ3v) is 1.26. The van der Waals surface area contributed by atoms with Gasteiger partial charge in [0.15, 0.2) is 0 Å². The van der Waals surface area contributed by atoms with E-state index in [9.17, 15) is 0 Å². The van der Waals surface area contributed by atoms with Crippen LogP contribution in [0.4, 0.5) is 0 Å². The fourth-order valence-electron chi connectivity index (χ4n) is 0.780. The summed E-state index contributed by atoms with van der Waals surface area (Å²) in [6.45, 7) is 2.40. The highest BCUT2D eigenvalue weighted by Gasteiger charge is 2.00. The average Bonchev–Trinajstić information content (AvgIpc) is 2.06. The molecule has 3 heteroatoms. The monoisotopic (exact) mass is 152 g/mol. The standard InChI is InChI=1S/C8H10NO2/c1-2-11-8-3-4-9-5-7(8)6-10/h3-4,10H,2,6H2,1H3. The summed E-state index contributed by atoms with van der Waals surface area (Å²) in [7, 11) is 0. The SMILES string of the molecule is CCOc1ccn[c]c1CO. The van der Waals surface area contributed by atoms with Gasteiger partial charge in [0.2, 0.25) is 0 Å². The summed E-state index contributed by atoms with van der Waals surface area (Å²) >= 11 is 0. The van der Waals surface area contributed by atoms with Gasteiger partial charge in [-0.05, 0) is 13.0 Å². The van der Waals surface area contributed by atoms with Crippen molar-refractivity contribution < 1.29 is 9.84 Å². The number of aliphatic hydroxyl groups is 1. The van der Waals surface area contributed by atoms with Crippen LogP contribution in [-0.2, 0) is 6.61 Å². The second kappa shape index (κ2) is 3.93. The average molecular weight is 152 g/mol. The molecule has 59 valence electrons. The molecule has 1 N–H and O–H groups in total. The molecule has 0 saturated carbocycles. The molecule has 1 aromatic rings. The molecule has 0 spiro atoms. The number of nitrogens with zero attached hydrogens (tertiary/aromatic N) is 1. The molecule has 0 saturated heterocycles. The Labute approximate surface area is 65.7 Å². The van der Waals surface area contributed by atoms with Gasteiger partial charge in [0.25, 0.3) is 0 Å². The van der Waals surface area contributed by atoms with E-state index in [0.29, 0.717) is 17.9 Å². The lowest BCUT2D eigenvalue weighted by Crippen LogP contribution is -1.97. The molecule has 0 fully saturated rings. The highest BCUT2D eigenvalue weighted by molar-refractivity contribution is 5.28. The lowest BCUT2D eigenvalue weighted by Gasteiger charge is -2.05. The van der Waals surface area contributed by atoms with Gasteiger partial charge in [0.05, 0.1) is 19.4 Å². The number of rotatable bonds is 3. The molecule has 0 aliphatic carbocycles.